The van der Waals surface area contributed by atoms with Crippen LogP contribution in [0.2, 0.25) is 5.02 Å². The van der Waals surface area contributed by atoms with Crippen molar-refractivity contribution in [2.24, 2.45) is 0 Å². The van der Waals surface area contributed by atoms with E-state index in [1.165, 1.54) is 11.0 Å². The van der Waals surface area contributed by atoms with E-state index in [9.17, 15) is 14.0 Å². The highest BCUT2D eigenvalue weighted by Gasteiger charge is 2.40. The van der Waals surface area contributed by atoms with E-state index in [2.05, 4.69) is 26.2 Å². The number of hydrogen-bond acceptors (Lipinski definition) is 3. The number of carbonyl (C=O) groups excluding carboxylic acids is 2. The van der Waals surface area contributed by atoms with Crippen molar-refractivity contribution in [1.29, 1.82) is 0 Å². The number of nitrogens with zero attached hydrogens (tertiary/aromatic N) is 2. The summed E-state index contributed by atoms with van der Waals surface area (Å²) < 4.78 is 30.0. The molecular formula is C24H19BrClF2N3O2. The fourth-order valence-corrected chi connectivity index (χ4v) is 4.46. The fraction of sp³-hybridized carbons (Fsp3) is 0.208. The Morgan fingerprint density at radius 3 is 2.58 bits per heavy atom. The van der Waals surface area contributed by atoms with Crippen molar-refractivity contribution >= 4 is 45.0 Å². The van der Waals surface area contributed by atoms with Crippen LogP contribution in [0.5, 0.6) is 0 Å². The third-order valence-corrected chi connectivity index (χ3v) is 6.17. The lowest BCUT2D eigenvalue weighted by molar-refractivity contribution is -0.136. The number of aromatic nitrogens is 1. The molecule has 3 aromatic rings. The van der Waals surface area contributed by atoms with Crippen molar-refractivity contribution in [2.75, 3.05) is 11.9 Å². The molecule has 170 valence electrons. The number of halogens is 4. The summed E-state index contributed by atoms with van der Waals surface area (Å²) in [6.45, 7) is -0.201. The highest BCUT2D eigenvalue weighted by Crippen LogP contribution is 2.33. The number of carbonyl (C=O) groups is 2. The van der Waals surface area contributed by atoms with Gasteiger partial charge in [-0.25, -0.2) is 13.8 Å². The zero-order valence-electron chi connectivity index (χ0n) is 17.3. The lowest BCUT2D eigenvalue weighted by Crippen LogP contribution is -2.44. The number of anilines is 1. The molecule has 1 fully saturated rings. The maximum absolute atomic E-state index is 15.2. The predicted molar refractivity (Wildman–Crippen MR) is 126 cm³/mol. The highest BCUT2D eigenvalue weighted by atomic mass is 79.9. The predicted octanol–water partition coefficient (Wildman–Crippen LogP) is 5.42. The first-order valence-electron chi connectivity index (χ1n) is 10.2. The van der Waals surface area contributed by atoms with Crippen LogP contribution in [-0.2, 0) is 16.0 Å². The summed E-state index contributed by atoms with van der Waals surface area (Å²) in [5.74, 6) is -1.74. The van der Waals surface area contributed by atoms with Crippen LogP contribution in [0.25, 0.3) is 11.1 Å². The van der Waals surface area contributed by atoms with E-state index in [1.54, 1.807) is 54.6 Å². The molecule has 0 radical (unpaired) electrons. The lowest BCUT2D eigenvalue weighted by Gasteiger charge is -2.24. The molecule has 5 nitrogen and oxygen atoms in total. The Morgan fingerprint density at radius 1 is 1.09 bits per heavy atom. The van der Waals surface area contributed by atoms with Gasteiger partial charge in [-0.15, -0.1) is 0 Å². The molecule has 2 amide bonds. The molecule has 2 atom stereocenters. The number of benzene rings is 2. The van der Waals surface area contributed by atoms with Gasteiger partial charge in [0.15, 0.2) is 5.82 Å². The van der Waals surface area contributed by atoms with Gasteiger partial charge >= 0.3 is 0 Å². The van der Waals surface area contributed by atoms with Gasteiger partial charge in [-0.2, -0.15) is 0 Å². The summed E-state index contributed by atoms with van der Waals surface area (Å²) in [4.78, 5) is 31.2. The van der Waals surface area contributed by atoms with Gasteiger partial charge < -0.3 is 10.2 Å². The normalized spacial score (nSPS) is 17.8. The standard InChI is InChI=1S/C24H19BrClF2N3O2/c25-21-10-3-5-15(29-21)12-22(32)31-13-14(27)11-20(31)24(33)30-19-9-4-7-17(23(19)28)16-6-1-2-8-18(16)26/h1-10,14,20H,11-13H2,(H,30,33)/t14-,20+/m1/s1. The second-order valence-electron chi connectivity index (χ2n) is 7.66. The van der Waals surface area contributed by atoms with Crippen molar-refractivity contribution in [2.45, 2.75) is 25.1 Å². The minimum absolute atomic E-state index is 0.0687. The van der Waals surface area contributed by atoms with E-state index in [-0.39, 0.29) is 30.6 Å². The monoisotopic (exact) mass is 533 g/mol. The summed E-state index contributed by atoms with van der Waals surface area (Å²) in [6, 6.07) is 15.4. The Kier molecular flexibility index (Phi) is 7.05. The summed E-state index contributed by atoms with van der Waals surface area (Å²) in [5, 5.41) is 2.89. The van der Waals surface area contributed by atoms with Gasteiger partial charge in [0.25, 0.3) is 0 Å². The van der Waals surface area contributed by atoms with Gasteiger partial charge in [0, 0.05) is 22.6 Å². The third-order valence-electron chi connectivity index (χ3n) is 5.40. The minimum atomic E-state index is -1.35. The molecule has 4 rings (SSSR count). The number of amides is 2. The Labute approximate surface area is 202 Å². The van der Waals surface area contributed by atoms with Crippen LogP contribution in [0.3, 0.4) is 0 Å². The van der Waals surface area contributed by atoms with Gasteiger partial charge in [-0.1, -0.05) is 48.0 Å². The number of likely N-dealkylation sites (tertiary alicyclic amines) is 1. The maximum Gasteiger partial charge on any atom is 0.247 e. The van der Waals surface area contributed by atoms with Crippen molar-refractivity contribution in [3.63, 3.8) is 0 Å². The molecule has 1 N–H and O–H groups in total. The van der Waals surface area contributed by atoms with Crippen molar-refractivity contribution in [3.8, 4) is 11.1 Å². The van der Waals surface area contributed by atoms with Gasteiger partial charge in [0.2, 0.25) is 11.8 Å². The Hall–Kier alpha value is -2.84. The Balaban J connectivity index is 1.53. The van der Waals surface area contributed by atoms with Crippen LogP contribution in [0, 0.1) is 5.82 Å². The molecule has 0 bridgehead atoms. The molecule has 2 aromatic carbocycles. The SMILES string of the molecule is O=C(Nc1cccc(-c2ccccc2Cl)c1F)[C@@H]1C[C@@H](F)CN1C(=O)Cc1cccc(Br)n1. The number of nitrogens with one attached hydrogen (secondary N) is 1. The molecule has 2 heterocycles. The molecule has 0 saturated carbocycles. The zero-order valence-corrected chi connectivity index (χ0v) is 19.6. The first-order chi connectivity index (χ1) is 15.8. The van der Waals surface area contributed by atoms with Crippen LogP contribution in [0.1, 0.15) is 12.1 Å². The topological polar surface area (TPSA) is 62.3 Å². The fourth-order valence-electron chi connectivity index (χ4n) is 3.85. The number of hydrogen-bond donors (Lipinski definition) is 1. The quantitative estimate of drug-likeness (QED) is 0.445. The van der Waals surface area contributed by atoms with Gasteiger partial charge in [-0.3, -0.25) is 9.59 Å². The highest BCUT2D eigenvalue weighted by molar-refractivity contribution is 9.10. The smallest absolute Gasteiger partial charge is 0.247 e. The molecule has 0 spiro atoms. The second-order valence-corrected chi connectivity index (χ2v) is 8.88. The molecular weight excluding hydrogens is 516 g/mol. The molecule has 1 aliphatic heterocycles. The molecule has 33 heavy (non-hydrogen) atoms. The summed E-state index contributed by atoms with van der Waals surface area (Å²) in [7, 11) is 0. The van der Waals surface area contributed by atoms with Crippen LogP contribution in [-0.4, -0.2) is 40.5 Å². The van der Waals surface area contributed by atoms with E-state index in [0.29, 0.717) is 20.9 Å². The molecule has 0 aliphatic carbocycles. The van der Waals surface area contributed by atoms with E-state index in [0.717, 1.165) is 0 Å². The van der Waals surface area contributed by atoms with E-state index in [1.807, 2.05) is 0 Å². The summed E-state index contributed by atoms with van der Waals surface area (Å²) in [6.07, 6.45) is -1.58. The molecule has 9 heteroatoms. The average molecular weight is 535 g/mol. The van der Waals surface area contributed by atoms with Crippen molar-refractivity contribution < 1.29 is 18.4 Å². The lowest BCUT2D eigenvalue weighted by atomic mass is 10.0. The van der Waals surface area contributed by atoms with Crippen LogP contribution in [0.15, 0.2) is 65.3 Å². The molecule has 0 unspecified atom stereocenters. The maximum atomic E-state index is 15.2. The number of pyridine rings is 1. The van der Waals surface area contributed by atoms with E-state index in [4.69, 9.17) is 11.6 Å². The summed E-state index contributed by atoms with van der Waals surface area (Å²) in [5.41, 5.74) is 1.13. The minimum Gasteiger partial charge on any atom is -0.327 e. The van der Waals surface area contributed by atoms with Gasteiger partial charge in [-0.05, 0) is 40.2 Å². The van der Waals surface area contributed by atoms with Gasteiger partial charge in [0.05, 0.1) is 24.3 Å². The number of rotatable bonds is 5. The first-order valence-corrected chi connectivity index (χ1v) is 11.4. The first kappa shape index (κ1) is 23.3. The van der Waals surface area contributed by atoms with Crippen molar-refractivity contribution in [3.05, 3.63) is 81.8 Å². The molecule has 1 aromatic heterocycles. The molecule has 1 aliphatic rings. The average Bonchev–Trinajstić information content (AvgIpc) is 3.18. The Morgan fingerprint density at radius 2 is 1.82 bits per heavy atom. The molecule has 1 saturated heterocycles. The Bertz CT molecular complexity index is 1210. The number of alkyl halides is 1. The van der Waals surface area contributed by atoms with Gasteiger partial charge in [0.1, 0.15) is 16.8 Å². The largest absolute Gasteiger partial charge is 0.327 e. The van der Waals surface area contributed by atoms with E-state index < -0.39 is 29.8 Å². The van der Waals surface area contributed by atoms with Crippen LogP contribution in [0.4, 0.5) is 14.5 Å². The van der Waals surface area contributed by atoms with Crippen molar-refractivity contribution in [1.82, 2.24) is 9.88 Å². The van der Waals surface area contributed by atoms with Crippen LogP contribution >= 0.6 is 27.5 Å². The van der Waals surface area contributed by atoms with E-state index >= 15 is 4.39 Å². The third kappa shape index (κ3) is 5.23. The second kappa shape index (κ2) is 9.97. The summed E-state index contributed by atoms with van der Waals surface area (Å²) >= 11 is 9.44. The van der Waals surface area contributed by atoms with Crippen LogP contribution < -0.4 is 5.32 Å². The zero-order chi connectivity index (χ0) is 23.5.